The molecule has 3 N–H and O–H groups in total. The molecule has 0 amide bonds. The average Bonchev–Trinajstić information content (AvgIpc) is 3.00. The molecule has 0 radical (unpaired) electrons. The van der Waals surface area contributed by atoms with E-state index < -0.39 is 0 Å². The summed E-state index contributed by atoms with van der Waals surface area (Å²) < 4.78 is 5.52. The Bertz CT molecular complexity index is 914. The van der Waals surface area contributed by atoms with E-state index in [-0.39, 0.29) is 5.41 Å². The van der Waals surface area contributed by atoms with Crippen LogP contribution in [0.5, 0.6) is 5.75 Å². The fourth-order valence-corrected chi connectivity index (χ4v) is 3.70. The molecule has 0 spiro atoms. The molecular formula is C24H32N2O. The molecule has 0 fully saturated rings. The van der Waals surface area contributed by atoms with Crippen LogP contribution < -0.4 is 10.5 Å². The number of hydrogen-bond acceptors (Lipinski definition) is 2. The van der Waals surface area contributed by atoms with Gasteiger partial charge in [0.2, 0.25) is 0 Å². The van der Waals surface area contributed by atoms with Gasteiger partial charge in [-0.3, -0.25) is 0 Å². The predicted molar refractivity (Wildman–Crippen MR) is 116 cm³/mol. The summed E-state index contributed by atoms with van der Waals surface area (Å²) in [5.41, 5.74) is 13.5. The fraction of sp³-hybridized carbons (Fsp3) is 0.417. The van der Waals surface area contributed by atoms with E-state index in [1.165, 1.54) is 38.9 Å². The van der Waals surface area contributed by atoms with E-state index in [0.29, 0.717) is 0 Å². The largest absolute Gasteiger partial charge is 0.497 e. The van der Waals surface area contributed by atoms with E-state index in [0.717, 1.165) is 31.6 Å². The third-order valence-electron chi connectivity index (χ3n) is 5.34. The summed E-state index contributed by atoms with van der Waals surface area (Å²) in [6.45, 7) is 9.62. The lowest BCUT2D eigenvalue weighted by Crippen LogP contribution is -2.10. The van der Waals surface area contributed by atoms with Gasteiger partial charge in [0.1, 0.15) is 5.75 Å². The fourth-order valence-electron chi connectivity index (χ4n) is 3.70. The van der Waals surface area contributed by atoms with Crippen LogP contribution in [0.1, 0.15) is 50.3 Å². The summed E-state index contributed by atoms with van der Waals surface area (Å²) in [6, 6.07) is 13.2. The molecule has 0 aliphatic heterocycles. The molecule has 0 atom stereocenters. The molecule has 3 rings (SSSR count). The van der Waals surface area contributed by atoms with Crippen LogP contribution in [0.3, 0.4) is 0 Å². The number of hydrogen-bond donors (Lipinski definition) is 2. The van der Waals surface area contributed by atoms with Gasteiger partial charge in [0.05, 0.1) is 7.11 Å². The molecule has 3 nitrogen and oxygen atoms in total. The molecule has 1 heterocycles. The Labute approximate surface area is 162 Å². The highest BCUT2D eigenvalue weighted by molar-refractivity contribution is 5.93. The van der Waals surface area contributed by atoms with Crippen LogP contribution in [0.15, 0.2) is 36.4 Å². The van der Waals surface area contributed by atoms with Crippen molar-refractivity contribution in [2.75, 3.05) is 13.7 Å². The van der Waals surface area contributed by atoms with E-state index in [4.69, 9.17) is 10.5 Å². The highest BCUT2D eigenvalue weighted by atomic mass is 16.5. The smallest absolute Gasteiger partial charge is 0.119 e. The predicted octanol–water partition coefficient (Wildman–Crippen LogP) is 5.73. The number of rotatable bonds is 6. The maximum absolute atomic E-state index is 5.73. The van der Waals surface area contributed by atoms with Gasteiger partial charge in [0.25, 0.3) is 0 Å². The van der Waals surface area contributed by atoms with Crippen molar-refractivity contribution in [1.29, 1.82) is 0 Å². The number of nitrogens with one attached hydrogen (secondary N) is 1. The van der Waals surface area contributed by atoms with Crippen molar-refractivity contribution >= 4 is 10.9 Å². The molecule has 27 heavy (non-hydrogen) atoms. The minimum Gasteiger partial charge on any atom is -0.497 e. The maximum Gasteiger partial charge on any atom is 0.119 e. The van der Waals surface area contributed by atoms with Crippen molar-refractivity contribution in [3.63, 3.8) is 0 Å². The molecule has 1 aromatic heterocycles. The first-order valence-corrected chi connectivity index (χ1v) is 9.85. The molecule has 144 valence electrons. The Balaban J connectivity index is 2.13. The quantitative estimate of drug-likeness (QED) is 0.549. The zero-order valence-electron chi connectivity index (χ0n) is 17.3. The number of ether oxygens (including phenoxy) is 1. The van der Waals surface area contributed by atoms with Gasteiger partial charge < -0.3 is 15.5 Å². The van der Waals surface area contributed by atoms with Crippen molar-refractivity contribution in [3.8, 4) is 17.0 Å². The number of aromatic nitrogens is 1. The van der Waals surface area contributed by atoms with Gasteiger partial charge in [-0.1, -0.05) is 45.0 Å². The Kier molecular flexibility index (Phi) is 5.61. The Morgan fingerprint density at radius 3 is 2.33 bits per heavy atom. The second-order valence-corrected chi connectivity index (χ2v) is 8.42. The van der Waals surface area contributed by atoms with Gasteiger partial charge in [0, 0.05) is 16.6 Å². The lowest BCUT2D eigenvalue weighted by atomic mass is 9.86. The number of aryl methyl sites for hydroxylation is 2. The second-order valence-electron chi connectivity index (χ2n) is 8.42. The summed E-state index contributed by atoms with van der Waals surface area (Å²) >= 11 is 0. The van der Waals surface area contributed by atoms with Gasteiger partial charge in [-0.2, -0.15) is 0 Å². The molecule has 0 saturated heterocycles. The van der Waals surface area contributed by atoms with Crippen LogP contribution in [0.25, 0.3) is 22.2 Å². The normalized spacial score (nSPS) is 11.9. The van der Waals surface area contributed by atoms with Crippen LogP contribution in [-0.2, 0) is 11.8 Å². The van der Waals surface area contributed by atoms with Crippen LogP contribution in [-0.4, -0.2) is 18.6 Å². The molecule has 0 aliphatic carbocycles. The van der Waals surface area contributed by atoms with Crippen LogP contribution in [0, 0.1) is 6.92 Å². The molecule has 3 aromatic rings. The van der Waals surface area contributed by atoms with Crippen LogP contribution in [0.2, 0.25) is 0 Å². The van der Waals surface area contributed by atoms with E-state index in [9.17, 15) is 0 Å². The number of aromatic amines is 1. The summed E-state index contributed by atoms with van der Waals surface area (Å²) in [4.78, 5) is 3.70. The van der Waals surface area contributed by atoms with Gasteiger partial charge >= 0.3 is 0 Å². The molecule has 0 aliphatic rings. The summed E-state index contributed by atoms with van der Waals surface area (Å²) in [5, 5.41) is 1.26. The second kappa shape index (κ2) is 7.77. The van der Waals surface area contributed by atoms with Crippen LogP contribution in [0.4, 0.5) is 0 Å². The zero-order chi connectivity index (χ0) is 19.6. The molecular weight excluding hydrogens is 332 g/mol. The number of benzene rings is 2. The topological polar surface area (TPSA) is 51.0 Å². The third-order valence-corrected chi connectivity index (χ3v) is 5.34. The van der Waals surface area contributed by atoms with Crippen molar-refractivity contribution in [2.45, 2.75) is 52.4 Å². The maximum atomic E-state index is 5.73. The van der Waals surface area contributed by atoms with Gasteiger partial charge in [-0.05, 0) is 72.5 Å². The first kappa shape index (κ1) is 19.5. The minimum absolute atomic E-state index is 0.160. The highest BCUT2D eigenvalue weighted by Crippen LogP contribution is 2.36. The van der Waals surface area contributed by atoms with E-state index >= 15 is 0 Å². The third kappa shape index (κ3) is 4.03. The standard InChI is InChI=1S/C24H32N2O/c1-16-14-19(27-5)15-21-20(8-6-7-13-25)23(26-22(16)21)17-9-11-18(12-10-17)24(2,3)4/h9-12,14-15,26H,6-8,13,25H2,1-5H3. The number of fused-ring (bicyclic) bond motifs is 1. The summed E-state index contributed by atoms with van der Waals surface area (Å²) in [7, 11) is 1.73. The Morgan fingerprint density at radius 1 is 1.04 bits per heavy atom. The first-order chi connectivity index (χ1) is 12.8. The molecule has 3 heteroatoms. The number of H-pyrrole nitrogens is 1. The van der Waals surface area contributed by atoms with Crippen LogP contribution >= 0.6 is 0 Å². The Hall–Kier alpha value is -2.26. The number of nitrogens with two attached hydrogens (primary N) is 1. The molecule has 0 saturated carbocycles. The van der Waals surface area contributed by atoms with E-state index in [1.807, 2.05) is 0 Å². The molecule has 0 unspecified atom stereocenters. The van der Waals surface area contributed by atoms with Gasteiger partial charge in [-0.15, -0.1) is 0 Å². The molecule has 0 bridgehead atoms. The average molecular weight is 365 g/mol. The number of methoxy groups -OCH3 is 1. The zero-order valence-corrected chi connectivity index (χ0v) is 17.3. The summed E-state index contributed by atoms with van der Waals surface area (Å²) in [6.07, 6.45) is 3.14. The van der Waals surface area contributed by atoms with E-state index in [2.05, 4.69) is 69.1 Å². The SMILES string of the molecule is COc1cc(C)c2[nH]c(-c3ccc(C(C)(C)C)cc3)c(CCCCN)c2c1. The highest BCUT2D eigenvalue weighted by Gasteiger charge is 2.17. The monoisotopic (exact) mass is 364 g/mol. The van der Waals surface area contributed by atoms with Crippen molar-refractivity contribution in [1.82, 2.24) is 4.98 Å². The van der Waals surface area contributed by atoms with Crippen molar-refractivity contribution in [2.24, 2.45) is 5.73 Å². The van der Waals surface area contributed by atoms with Crippen molar-refractivity contribution in [3.05, 3.63) is 53.1 Å². The van der Waals surface area contributed by atoms with Crippen molar-refractivity contribution < 1.29 is 4.74 Å². The summed E-state index contributed by atoms with van der Waals surface area (Å²) in [5.74, 6) is 0.911. The lowest BCUT2D eigenvalue weighted by molar-refractivity contribution is 0.415. The minimum atomic E-state index is 0.160. The number of unbranched alkanes of at least 4 members (excludes halogenated alkanes) is 1. The van der Waals surface area contributed by atoms with Gasteiger partial charge in [-0.25, -0.2) is 0 Å². The van der Waals surface area contributed by atoms with Gasteiger partial charge in [0.15, 0.2) is 0 Å². The molecule has 2 aromatic carbocycles. The Morgan fingerprint density at radius 2 is 1.74 bits per heavy atom. The first-order valence-electron chi connectivity index (χ1n) is 9.85. The lowest BCUT2D eigenvalue weighted by Gasteiger charge is -2.19. The van der Waals surface area contributed by atoms with E-state index in [1.54, 1.807) is 7.11 Å².